The highest BCUT2D eigenvalue weighted by molar-refractivity contribution is 9.10. The lowest BCUT2D eigenvalue weighted by atomic mass is 10.1. The molecule has 19 heavy (non-hydrogen) atoms. The van der Waals surface area contributed by atoms with Crippen LogP contribution < -0.4 is 9.64 Å². The Morgan fingerprint density at radius 3 is 2.95 bits per heavy atom. The third-order valence-corrected chi connectivity index (χ3v) is 3.67. The molecule has 6 heteroatoms. The van der Waals surface area contributed by atoms with Crippen molar-refractivity contribution in [2.45, 2.75) is 6.92 Å². The number of fused-ring (bicyclic) bond motifs is 1. The number of anilines is 1. The lowest BCUT2D eigenvalue weighted by Gasteiger charge is -2.26. The number of rotatable bonds is 1. The van der Waals surface area contributed by atoms with Crippen molar-refractivity contribution in [1.82, 2.24) is 9.97 Å². The van der Waals surface area contributed by atoms with E-state index in [1.54, 1.807) is 11.9 Å². The van der Waals surface area contributed by atoms with Crippen LogP contribution in [-0.4, -0.2) is 29.5 Å². The Labute approximate surface area is 118 Å². The molecule has 1 aliphatic heterocycles. The SMILES string of the molecule is Cc1nc(-c2ccc3c(c2)N(C)C(=O)CO3)c(Br)[nH]1. The van der Waals surface area contributed by atoms with Crippen LogP contribution >= 0.6 is 15.9 Å². The maximum absolute atomic E-state index is 11.6. The van der Waals surface area contributed by atoms with Crippen molar-refractivity contribution < 1.29 is 9.53 Å². The van der Waals surface area contributed by atoms with Crippen LogP contribution in [0.15, 0.2) is 22.8 Å². The second kappa shape index (κ2) is 4.38. The van der Waals surface area contributed by atoms with E-state index in [0.29, 0.717) is 5.75 Å². The number of H-pyrrole nitrogens is 1. The molecule has 1 N–H and O–H groups in total. The minimum absolute atomic E-state index is 0.0538. The van der Waals surface area contributed by atoms with Gasteiger partial charge in [-0.3, -0.25) is 4.79 Å². The maximum atomic E-state index is 11.6. The van der Waals surface area contributed by atoms with Gasteiger partial charge in [0, 0.05) is 12.6 Å². The largest absolute Gasteiger partial charge is 0.482 e. The van der Waals surface area contributed by atoms with Crippen molar-refractivity contribution in [3.63, 3.8) is 0 Å². The summed E-state index contributed by atoms with van der Waals surface area (Å²) >= 11 is 3.45. The van der Waals surface area contributed by atoms with Crippen LogP contribution in [0.25, 0.3) is 11.3 Å². The van der Waals surface area contributed by atoms with Gasteiger partial charge in [0.2, 0.25) is 0 Å². The highest BCUT2D eigenvalue weighted by atomic mass is 79.9. The lowest BCUT2D eigenvalue weighted by Crippen LogP contribution is -2.35. The van der Waals surface area contributed by atoms with Crippen LogP contribution in [0.1, 0.15) is 5.82 Å². The summed E-state index contributed by atoms with van der Waals surface area (Å²) in [6.45, 7) is 1.99. The van der Waals surface area contributed by atoms with Crippen molar-refractivity contribution >= 4 is 27.5 Å². The number of carbonyl (C=O) groups is 1. The Morgan fingerprint density at radius 2 is 2.26 bits per heavy atom. The molecule has 1 aromatic carbocycles. The maximum Gasteiger partial charge on any atom is 0.264 e. The van der Waals surface area contributed by atoms with Gasteiger partial charge in [0.25, 0.3) is 5.91 Å². The first-order chi connectivity index (χ1) is 9.06. The smallest absolute Gasteiger partial charge is 0.264 e. The number of benzene rings is 1. The van der Waals surface area contributed by atoms with Crippen LogP contribution in [0.5, 0.6) is 5.75 Å². The average Bonchev–Trinajstić information content (AvgIpc) is 2.73. The zero-order valence-electron chi connectivity index (χ0n) is 10.5. The molecule has 0 bridgehead atoms. The molecule has 5 nitrogen and oxygen atoms in total. The van der Waals surface area contributed by atoms with E-state index in [0.717, 1.165) is 27.4 Å². The van der Waals surface area contributed by atoms with Crippen LogP contribution in [0.3, 0.4) is 0 Å². The molecule has 2 heterocycles. The van der Waals surface area contributed by atoms with Gasteiger partial charge in [-0.2, -0.15) is 0 Å². The molecule has 98 valence electrons. The van der Waals surface area contributed by atoms with Gasteiger partial charge in [-0.05, 0) is 41.1 Å². The lowest BCUT2D eigenvalue weighted by molar-refractivity contribution is -0.120. The second-order valence-corrected chi connectivity index (χ2v) is 5.20. The third-order valence-electron chi connectivity index (χ3n) is 3.10. The van der Waals surface area contributed by atoms with Gasteiger partial charge in [-0.1, -0.05) is 0 Å². The van der Waals surface area contributed by atoms with E-state index in [4.69, 9.17) is 4.74 Å². The molecule has 0 unspecified atom stereocenters. The van der Waals surface area contributed by atoms with Crippen molar-refractivity contribution in [3.8, 4) is 17.0 Å². The van der Waals surface area contributed by atoms with E-state index in [-0.39, 0.29) is 12.5 Å². The fourth-order valence-corrected chi connectivity index (χ4v) is 2.68. The fourth-order valence-electron chi connectivity index (χ4n) is 2.07. The van der Waals surface area contributed by atoms with Gasteiger partial charge in [-0.15, -0.1) is 0 Å². The number of hydrogen-bond acceptors (Lipinski definition) is 3. The number of halogens is 1. The van der Waals surface area contributed by atoms with Gasteiger partial charge >= 0.3 is 0 Å². The Bertz CT molecular complexity index is 666. The molecule has 0 aliphatic carbocycles. The molecule has 1 aliphatic rings. The van der Waals surface area contributed by atoms with Crippen molar-refractivity contribution in [2.24, 2.45) is 0 Å². The highest BCUT2D eigenvalue weighted by Crippen LogP contribution is 2.36. The van der Waals surface area contributed by atoms with E-state index in [1.165, 1.54) is 0 Å². The number of imidazole rings is 1. The first-order valence-corrected chi connectivity index (χ1v) is 6.61. The Hall–Kier alpha value is -1.82. The molecule has 1 amide bonds. The van der Waals surface area contributed by atoms with E-state index < -0.39 is 0 Å². The number of aromatic amines is 1. The molecule has 0 spiro atoms. The Kier molecular flexibility index (Phi) is 2.82. The summed E-state index contributed by atoms with van der Waals surface area (Å²) < 4.78 is 6.23. The van der Waals surface area contributed by atoms with E-state index >= 15 is 0 Å². The standard InChI is InChI=1S/C13H12BrN3O2/c1-7-15-12(13(14)16-7)8-3-4-10-9(5-8)17(2)11(18)6-19-10/h3-5H,6H2,1-2H3,(H,15,16). The zero-order valence-corrected chi connectivity index (χ0v) is 12.1. The van der Waals surface area contributed by atoms with E-state index in [1.807, 2.05) is 25.1 Å². The number of amides is 1. The normalized spacial score (nSPS) is 14.3. The molecular formula is C13H12BrN3O2. The van der Waals surface area contributed by atoms with Crippen LogP contribution in [0.2, 0.25) is 0 Å². The van der Waals surface area contributed by atoms with Crippen molar-refractivity contribution in [2.75, 3.05) is 18.6 Å². The van der Waals surface area contributed by atoms with Gasteiger partial charge in [0.05, 0.1) is 5.69 Å². The summed E-state index contributed by atoms with van der Waals surface area (Å²) in [4.78, 5) is 20.8. The number of aromatic nitrogens is 2. The van der Waals surface area contributed by atoms with Gasteiger partial charge in [-0.25, -0.2) is 4.98 Å². The van der Waals surface area contributed by atoms with Crippen LogP contribution in [0, 0.1) is 6.92 Å². The van der Waals surface area contributed by atoms with Crippen molar-refractivity contribution in [3.05, 3.63) is 28.6 Å². The fraction of sp³-hybridized carbons (Fsp3) is 0.231. The van der Waals surface area contributed by atoms with Gasteiger partial charge < -0.3 is 14.6 Å². The van der Waals surface area contributed by atoms with Crippen LogP contribution in [-0.2, 0) is 4.79 Å². The van der Waals surface area contributed by atoms with Gasteiger partial charge in [0.15, 0.2) is 6.61 Å². The topological polar surface area (TPSA) is 58.2 Å². The number of nitrogens with one attached hydrogen (secondary N) is 1. The number of aryl methyl sites for hydroxylation is 1. The molecule has 0 radical (unpaired) electrons. The molecule has 0 fully saturated rings. The number of carbonyl (C=O) groups excluding carboxylic acids is 1. The molecular weight excluding hydrogens is 310 g/mol. The predicted octanol–water partition coefficient (Wildman–Crippen LogP) is 2.50. The van der Waals surface area contributed by atoms with E-state index in [2.05, 4.69) is 25.9 Å². The molecule has 0 atom stereocenters. The molecule has 0 saturated heterocycles. The minimum atomic E-state index is -0.0538. The molecule has 2 aromatic rings. The number of hydrogen-bond donors (Lipinski definition) is 1. The van der Waals surface area contributed by atoms with E-state index in [9.17, 15) is 4.79 Å². The van der Waals surface area contributed by atoms with Gasteiger partial charge in [0.1, 0.15) is 21.9 Å². The number of ether oxygens (including phenoxy) is 1. The Balaban J connectivity index is 2.11. The first-order valence-electron chi connectivity index (χ1n) is 5.82. The molecule has 1 aromatic heterocycles. The number of likely N-dealkylation sites (N-methyl/N-ethyl adjacent to an activating group) is 1. The van der Waals surface area contributed by atoms with Crippen LogP contribution in [0.4, 0.5) is 5.69 Å². The quantitative estimate of drug-likeness (QED) is 0.878. The summed E-state index contributed by atoms with van der Waals surface area (Å²) in [5.74, 6) is 1.50. The average molecular weight is 322 g/mol. The zero-order chi connectivity index (χ0) is 13.6. The molecule has 0 saturated carbocycles. The summed E-state index contributed by atoms with van der Waals surface area (Å²) in [5.41, 5.74) is 2.52. The number of nitrogens with zero attached hydrogens (tertiary/aromatic N) is 2. The summed E-state index contributed by atoms with van der Waals surface area (Å²) in [5, 5.41) is 0. The second-order valence-electron chi connectivity index (χ2n) is 4.41. The monoisotopic (exact) mass is 321 g/mol. The summed E-state index contributed by atoms with van der Waals surface area (Å²) in [6, 6.07) is 5.71. The van der Waals surface area contributed by atoms with Crippen molar-refractivity contribution in [1.29, 1.82) is 0 Å². The predicted molar refractivity (Wildman–Crippen MR) is 75.4 cm³/mol. The molecule has 3 rings (SSSR count). The minimum Gasteiger partial charge on any atom is -0.482 e. The summed E-state index contributed by atoms with van der Waals surface area (Å²) in [6.07, 6.45) is 0. The third kappa shape index (κ3) is 2.02. The first kappa shape index (κ1) is 12.2. The Morgan fingerprint density at radius 1 is 1.47 bits per heavy atom. The summed E-state index contributed by atoms with van der Waals surface area (Å²) in [7, 11) is 1.75. The highest BCUT2D eigenvalue weighted by Gasteiger charge is 2.23.